The number of carbonyl (C=O) groups is 3. The molecule has 0 saturated carbocycles. The van der Waals surface area contributed by atoms with Crippen LogP contribution in [0.3, 0.4) is 0 Å². The van der Waals surface area contributed by atoms with Gasteiger partial charge in [-0.05, 0) is 25.0 Å². The molecule has 0 aromatic carbocycles. The van der Waals surface area contributed by atoms with Crippen molar-refractivity contribution in [2.24, 2.45) is 5.41 Å². The van der Waals surface area contributed by atoms with E-state index in [0.717, 1.165) is 11.9 Å². The van der Waals surface area contributed by atoms with E-state index < -0.39 is 23.5 Å². The lowest BCUT2D eigenvalue weighted by atomic mass is 9.73. The molecule has 1 aliphatic rings. The molecule has 0 aliphatic heterocycles. The van der Waals surface area contributed by atoms with Gasteiger partial charge in [-0.1, -0.05) is 26.0 Å². The van der Waals surface area contributed by atoms with Crippen LogP contribution < -0.4 is 0 Å². The van der Waals surface area contributed by atoms with Crippen molar-refractivity contribution in [3.05, 3.63) is 34.9 Å². The van der Waals surface area contributed by atoms with Crippen LogP contribution in [-0.4, -0.2) is 30.9 Å². The van der Waals surface area contributed by atoms with Gasteiger partial charge < -0.3 is 9.47 Å². The van der Waals surface area contributed by atoms with Crippen LogP contribution in [0.4, 0.5) is 0 Å². The summed E-state index contributed by atoms with van der Waals surface area (Å²) >= 11 is 0. The van der Waals surface area contributed by atoms with Crippen LogP contribution in [-0.2, 0) is 23.9 Å². The largest absolute Gasteiger partial charge is 0.461 e. The predicted octanol–water partition coefficient (Wildman–Crippen LogP) is 2.52. The van der Waals surface area contributed by atoms with Gasteiger partial charge in [0.15, 0.2) is 0 Å². The SMILES string of the molecule is CC(=O)OC/C(C)=C/C(=O)O[C@@H]1C(C)=CC=C(C=O)C1(C)C. The first-order valence-corrected chi connectivity index (χ1v) is 7.03. The molecule has 1 aliphatic carbocycles. The first-order chi connectivity index (χ1) is 10.2. The first kappa shape index (κ1) is 17.9. The molecule has 22 heavy (non-hydrogen) atoms. The number of carbonyl (C=O) groups excluding carboxylic acids is 3. The van der Waals surface area contributed by atoms with Crippen LogP contribution in [0.25, 0.3) is 0 Å². The molecule has 0 unspecified atom stereocenters. The van der Waals surface area contributed by atoms with Crippen molar-refractivity contribution < 1.29 is 23.9 Å². The summed E-state index contributed by atoms with van der Waals surface area (Å²) in [6, 6.07) is 0. The van der Waals surface area contributed by atoms with Crippen molar-refractivity contribution in [2.45, 2.75) is 40.7 Å². The molecule has 0 N–H and O–H groups in total. The van der Waals surface area contributed by atoms with E-state index in [4.69, 9.17) is 9.47 Å². The van der Waals surface area contributed by atoms with Crippen molar-refractivity contribution in [1.29, 1.82) is 0 Å². The molecule has 1 rings (SSSR count). The Morgan fingerprint density at radius 1 is 1.27 bits per heavy atom. The fourth-order valence-corrected chi connectivity index (χ4v) is 2.28. The Hall–Kier alpha value is -2.17. The number of rotatable bonds is 5. The summed E-state index contributed by atoms with van der Waals surface area (Å²) in [4.78, 5) is 33.9. The Morgan fingerprint density at radius 3 is 2.45 bits per heavy atom. The van der Waals surface area contributed by atoms with Gasteiger partial charge in [-0.25, -0.2) is 4.79 Å². The maximum atomic E-state index is 12.0. The maximum Gasteiger partial charge on any atom is 0.331 e. The van der Waals surface area contributed by atoms with Gasteiger partial charge in [0.25, 0.3) is 0 Å². The van der Waals surface area contributed by atoms with E-state index >= 15 is 0 Å². The molecule has 0 aromatic rings. The molecular formula is C17H22O5. The number of esters is 2. The summed E-state index contributed by atoms with van der Waals surface area (Å²) in [7, 11) is 0. The Kier molecular flexibility index (Phi) is 5.85. The summed E-state index contributed by atoms with van der Waals surface area (Å²) < 4.78 is 10.3. The molecule has 0 aromatic heterocycles. The van der Waals surface area contributed by atoms with Gasteiger partial charge >= 0.3 is 11.9 Å². The zero-order chi connectivity index (χ0) is 16.9. The predicted molar refractivity (Wildman–Crippen MR) is 82.0 cm³/mol. The minimum atomic E-state index is -0.589. The normalized spacial score (nSPS) is 20.6. The highest BCUT2D eigenvalue weighted by Crippen LogP contribution is 2.38. The van der Waals surface area contributed by atoms with Gasteiger partial charge in [-0.15, -0.1) is 0 Å². The summed E-state index contributed by atoms with van der Waals surface area (Å²) in [5, 5.41) is 0. The molecule has 5 nitrogen and oxygen atoms in total. The van der Waals surface area contributed by atoms with Gasteiger partial charge in [0.2, 0.25) is 0 Å². The van der Waals surface area contributed by atoms with E-state index in [1.165, 1.54) is 13.0 Å². The fourth-order valence-electron chi connectivity index (χ4n) is 2.28. The number of aldehydes is 1. The highest BCUT2D eigenvalue weighted by Gasteiger charge is 2.38. The number of hydrogen-bond acceptors (Lipinski definition) is 5. The lowest BCUT2D eigenvalue weighted by Crippen LogP contribution is -2.38. The lowest BCUT2D eigenvalue weighted by molar-refractivity contribution is -0.146. The molecule has 0 fully saturated rings. The highest BCUT2D eigenvalue weighted by molar-refractivity contribution is 5.84. The van der Waals surface area contributed by atoms with Crippen molar-refractivity contribution in [2.75, 3.05) is 6.61 Å². The number of allylic oxidation sites excluding steroid dienone is 2. The Balaban J connectivity index is 2.81. The maximum absolute atomic E-state index is 12.0. The number of ether oxygens (including phenoxy) is 2. The van der Waals surface area contributed by atoms with Gasteiger partial charge in [-0.2, -0.15) is 0 Å². The summed E-state index contributed by atoms with van der Waals surface area (Å²) in [5.74, 6) is -0.934. The minimum Gasteiger partial charge on any atom is -0.461 e. The van der Waals surface area contributed by atoms with Gasteiger partial charge in [0.1, 0.15) is 19.0 Å². The fraction of sp³-hybridized carbons (Fsp3) is 0.471. The second-order valence-corrected chi connectivity index (χ2v) is 5.96. The zero-order valence-corrected chi connectivity index (χ0v) is 13.6. The van der Waals surface area contributed by atoms with E-state index in [0.29, 0.717) is 11.1 Å². The smallest absolute Gasteiger partial charge is 0.331 e. The Morgan fingerprint density at radius 2 is 1.91 bits per heavy atom. The summed E-state index contributed by atoms with van der Waals surface area (Å²) in [6.07, 6.45) is 5.09. The molecule has 5 heteroatoms. The molecule has 0 heterocycles. The van der Waals surface area contributed by atoms with Gasteiger partial charge in [0.05, 0.1) is 0 Å². The Bertz CT molecular complexity index is 564. The lowest BCUT2D eigenvalue weighted by Gasteiger charge is -2.36. The van der Waals surface area contributed by atoms with Crippen LogP contribution in [0.5, 0.6) is 0 Å². The molecule has 1 atom stereocenters. The van der Waals surface area contributed by atoms with Crippen LogP contribution in [0, 0.1) is 5.41 Å². The molecule has 0 amide bonds. The van der Waals surface area contributed by atoms with E-state index in [9.17, 15) is 14.4 Å². The monoisotopic (exact) mass is 306 g/mol. The van der Waals surface area contributed by atoms with E-state index in [-0.39, 0.29) is 6.61 Å². The summed E-state index contributed by atoms with van der Waals surface area (Å²) in [6.45, 7) is 8.60. The van der Waals surface area contributed by atoms with Crippen molar-refractivity contribution in [3.8, 4) is 0 Å². The molecule has 0 spiro atoms. The van der Waals surface area contributed by atoms with Crippen LogP contribution in [0.2, 0.25) is 0 Å². The summed E-state index contributed by atoms with van der Waals surface area (Å²) in [5.41, 5.74) is 1.45. The van der Waals surface area contributed by atoms with E-state index in [2.05, 4.69) is 0 Å². The zero-order valence-electron chi connectivity index (χ0n) is 13.6. The average molecular weight is 306 g/mol. The highest BCUT2D eigenvalue weighted by atomic mass is 16.5. The van der Waals surface area contributed by atoms with Crippen molar-refractivity contribution in [3.63, 3.8) is 0 Å². The second kappa shape index (κ2) is 7.20. The minimum absolute atomic E-state index is 0.0484. The second-order valence-electron chi connectivity index (χ2n) is 5.96. The van der Waals surface area contributed by atoms with E-state index in [1.807, 2.05) is 20.8 Å². The van der Waals surface area contributed by atoms with Crippen LogP contribution >= 0.6 is 0 Å². The van der Waals surface area contributed by atoms with Crippen molar-refractivity contribution >= 4 is 18.2 Å². The van der Waals surface area contributed by atoms with Crippen LogP contribution in [0.1, 0.15) is 34.6 Å². The molecule has 0 radical (unpaired) electrons. The van der Waals surface area contributed by atoms with E-state index in [1.54, 1.807) is 19.1 Å². The number of hydrogen-bond donors (Lipinski definition) is 0. The third kappa shape index (κ3) is 4.41. The third-order valence-corrected chi connectivity index (χ3v) is 3.57. The third-order valence-electron chi connectivity index (χ3n) is 3.57. The Labute approximate surface area is 130 Å². The van der Waals surface area contributed by atoms with Gasteiger partial charge in [-0.3, -0.25) is 9.59 Å². The molecular weight excluding hydrogens is 284 g/mol. The van der Waals surface area contributed by atoms with Crippen molar-refractivity contribution in [1.82, 2.24) is 0 Å². The topological polar surface area (TPSA) is 69.7 Å². The standard InChI is InChI=1S/C17H22O5/c1-11(10-21-13(3)19)8-15(20)22-16-12(2)6-7-14(9-18)17(16,4)5/h6-9,16H,10H2,1-5H3/b11-8+/t16-/m1/s1. The first-order valence-electron chi connectivity index (χ1n) is 7.03. The average Bonchev–Trinajstić information content (AvgIpc) is 2.41. The van der Waals surface area contributed by atoms with Gasteiger partial charge in [0, 0.05) is 24.0 Å². The molecule has 120 valence electrons. The quantitative estimate of drug-likeness (QED) is 0.443. The molecule has 0 saturated heterocycles. The van der Waals surface area contributed by atoms with Crippen LogP contribution in [0.15, 0.2) is 34.9 Å². The molecule has 0 bridgehead atoms.